The first kappa shape index (κ1) is 76.0. The lowest BCUT2D eigenvalue weighted by molar-refractivity contribution is -0.926. The van der Waals surface area contributed by atoms with Gasteiger partial charge in [-0.2, -0.15) is 5.10 Å². The number of nitrogens with one attached hydrogen (secondary N) is 5. The SMILES string of the molecule is CO[C@H]1/C=C/O[C@@]2(C)Oc3c(C)c(O)c4c(O)c(c(/C=N/N5CC[N+](C)(Cc6ccc(NC(=O)[C@H](CCCNC(N)=O)NC(=O)[C@@H](NC(=O)CCCCCN7C(=O)C=CC7=O)C(C)C)cc6)CC5)c(O)c4c3C2=O)NC(=O)/C(C)=C\C=C\[C@H](C)[C@H](O)[C@@H](C)C[C@@H](C)[C@H](OC(C)=O)[C@@H]1C. The fraction of sp³-hybridized carbons (Fsp3) is 0.521. The number of aliphatic hydroxyl groups is 1. The van der Waals surface area contributed by atoms with Gasteiger partial charge in [0.1, 0.15) is 42.0 Å². The minimum Gasteiger partial charge on any atom is -0.507 e. The number of nitrogens with zero attached hydrogens (tertiary/aromatic N) is 4. The number of aromatic hydroxyl groups is 3. The zero-order valence-electron chi connectivity index (χ0n) is 58.1. The maximum absolute atomic E-state index is 14.8. The van der Waals surface area contributed by atoms with Crippen molar-refractivity contribution in [3.8, 4) is 23.0 Å². The summed E-state index contributed by atoms with van der Waals surface area (Å²) in [7, 11) is 3.56. The Labute approximate surface area is 571 Å². The second kappa shape index (κ2) is 33.3. The number of carbonyl (C=O) groups excluding carboxylic acids is 9. The molecule has 27 heteroatoms. The molecule has 0 saturated carbocycles. The van der Waals surface area contributed by atoms with Gasteiger partial charge in [0, 0.05) is 92.2 Å². The largest absolute Gasteiger partial charge is 0.507 e. The number of allylic oxidation sites excluding steroid dienone is 2. The Morgan fingerprint density at radius 2 is 1.56 bits per heavy atom. The van der Waals surface area contributed by atoms with Gasteiger partial charge in [0.2, 0.25) is 17.7 Å². The molecule has 5 aliphatic rings. The summed E-state index contributed by atoms with van der Waals surface area (Å²) in [4.78, 5) is 119. The predicted octanol–water partition coefficient (Wildman–Crippen LogP) is 6.58. The third-order valence-electron chi connectivity index (χ3n) is 18.8. The number of esters is 1. The number of unbranched alkanes of at least 4 members (excludes halogenated alkanes) is 2. The third-order valence-corrected chi connectivity index (χ3v) is 18.8. The zero-order chi connectivity index (χ0) is 72.1. The van der Waals surface area contributed by atoms with Gasteiger partial charge in [-0.25, -0.2) is 4.79 Å². The van der Waals surface area contributed by atoms with E-state index in [2.05, 4.69) is 33.6 Å². The number of rotatable bonds is 22. The number of amides is 8. The monoisotopic (exact) mass is 1360 g/mol. The molecule has 1 fully saturated rings. The van der Waals surface area contributed by atoms with Crippen molar-refractivity contribution in [1.29, 1.82) is 0 Å². The van der Waals surface area contributed by atoms with Crippen LogP contribution in [0.2, 0.25) is 0 Å². The second-order valence-corrected chi connectivity index (χ2v) is 27.0. The van der Waals surface area contributed by atoms with E-state index in [1.54, 1.807) is 49.2 Å². The molecule has 5 aliphatic heterocycles. The van der Waals surface area contributed by atoms with Gasteiger partial charge >= 0.3 is 17.8 Å². The molecule has 0 spiro atoms. The van der Waals surface area contributed by atoms with E-state index >= 15 is 0 Å². The van der Waals surface area contributed by atoms with E-state index in [0.29, 0.717) is 68.6 Å². The number of piperazine rings is 1. The fourth-order valence-electron chi connectivity index (χ4n) is 12.9. The lowest BCUT2D eigenvalue weighted by atomic mass is 9.80. The van der Waals surface area contributed by atoms with Crippen molar-refractivity contribution in [2.24, 2.45) is 40.4 Å². The minimum atomic E-state index is -2.09. The number of benzene rings is 3. The molecule has 0 aliphatic carbocycles. The molecule has 0 unspecified atom stereocenters. The maximum atomic E-state index is 14.8. The normalized spacial score (nSPS) is 24.7. The van der Waals surface area contributed by atoms with E-state index in [-0.39, 0.29) is 112 Å². The number of ether oxygens (including phenoxy) is 4. The number of hydrogen-bond donors (Lipinski definition) is 10. The highest BCUT2D eigenvalue weighted by Crippen LogP contribution is 2.55. The lowest BCUT2D eigenvalue weighted by Crippen LogP contribution is -2.55. The Balaban J connectivity index is 1.08. The summed E-state index contributed by atoms with van der Waals surface area (Å²) in [5.41, 5.74) is 6.10. The number of primary amides is 1. The van der Waals surface area contributed by atoms with Crippen LogP contribution in [0.5, 0.6) is 23.0 Å². The molecule has 11 N–H and O–H groups in total. The molecule has 3 aromatic carbocycles. The molecule has 1 saturated heterocycles. The number of carbonyl (C=O) groups is 9. The molecule has 532 valence electrons. The number of Topliss-reactive ketones (excluding diaryl/α,β-unsaturated/α-hetero) is 1. The highest BCUT2D eigenvalue weighted by Gasteiger charge is 2.50. The number of aliphatic hydroxyl groups excluding tert-OH is 1. The van der Waals surface area contributed by atoms with Gasteiger partial charge in [-0.3, -0.25) is 48.3 Å². The van der Waals surface area contributed by atoms with Gasteiger partial charge in [-0.1, -0.05) is 78.3 Å². The summed E-state index contributed by atoms with van der Waals surface area (Å²) in [6.45, 7) is 19.6. The molecule has 0 aromatic heterocycles. The van der Waals surface area contributed by atoms with E-state index in [4.69, 9.17) is 29.8 Å². The van der Waals surface area contributed by atoms with Crippen molar-refractivity contribution in [2.75, 3.05) is 64.1 Å². The number of likely N-dealkylation sites (N-methyl/N-ethyl adjacent to an activating group) is 1. The molecule has 98 heavy (non-hydrogen) atoms. The molecular weight excluding hydrogens is 1260 g/mol. The number of methoxy groups -OCH3 is 1. The Bertz CT molecular complexity index is 3630. The number of ketones is 1. The van der Waals surface area contributed by atoms with E-state index < -0.39 is 101 Å². The van der Waals surface area contributed by atoms with Gasteiger partial charge in [0.05, 0.1) is 80.1 Å². The Morgan fingerprint density at radius 3 is 2.19 bits per heavy atom. The van der Waals surface area contributed by atoms with Crippen molar-refractivity contribution in [3.05, 3.63) is 94.8 Å². The molecule has 10 atom stereocenters. The topological polar surface area (TPSA) is 376 Å². The van der Waals surface area contributed by atoms with Crippen LogP contribution in [0.3, 0.4) is 0 Å². The van der Waals surface area contributed by atoms with Gasteiger partial charge in [0.25, 0.3) is 23.5 Å². The van der Waals surface area contributed by atoms with Crippen LogP contribution in [0.25, 0.3) is 10.8 Å². The zero-order valence-corrected chi connectivity index (χ0v) is 58.1. The Kier molecular flexibility index (Phi) is 25.8. The quantitative estimate of drug-likeness (QED) is 0.00966. The predicted molar refractivity (Wildman–Crippen MR) is 366 cm³/mol. The number of anilines is 2. The van der Waals surface area contributed by atoms with Crippen molar-refractivity contribution < 1.29 is 87.0 Å². The molecule has 5 bridgehead atoms. The summed E-state index contributed by atoms with van der Waals surface area (Å²) >= 11 is 0. The van der Waals surface area contributed by atoms with E-state index in [0.717, 1.165) is 10.5 Å². The number of nitrogens with two attached hydrogens (primary N) is 1. The molecule has 0 radical (unpaired) electrons. The number of fused-ring (bicyclic) bond motifs is 14. The highest BCUT2D eigenvalue weighted by atomic mass is 16.7. The van der Waals surface area contributed by atoms with Gasteiger partial charge in [0.15, 0.2) is 5.75 Å². The molecule has 8 rings (SSSR count). The number of phenolic OH excluding ortho intramolecular Hbond substituents is 3. The highest BCUT2D eigenvalue weighted by molar-refractivity contribution is 6.24. The van der Waals surface area contributed by atoms with Crippen LogP contribution in [-0.2, 0) is 54.3 Å². The Morgan fingerprint density at radius 1 is 0.888 bits per heavy atom. The van der Waals surface area contributed by atoms with Gasteiger partial charge in [-0.05, 0) is 81.9 Å². The van der Waals surface area contributed by atoms with Crippen LogP contribution in [0.4, 0.5) is 16.2 Å². The van der Waals surface area contributed by atoms with Crippen molar-refractivity contribution in [3.63, 3.8) is 0 Å². The van der Waals surface area contributed by atoms with Crippen molar-refractivity contribution in [2.45, 2.75) is 157 Å². The van der Waals surface area contributed by atoms with Gasteiger partial charge in [-0.15, -0.1) is 0 Å². The first-order chi connectivity index (χ1) is 46.3. The average Bonchev–Trinajstić information content (AvgIpc) is 1.47. The number of urea groups is 1. The van der Waals surface area contributed by atoms with Gasteiger partial charge < -0.3 is 76.2 Å². The number of hydrazone groups is 1. The van der Waals surface area contributed by atoms with E-state index in [1.165, 1.54) is 65.5 Å². The standard InChI is InChI=1S/C71H96N10O17/c1-39(2)58(77-52(83)21-14-13-15-30-80-53(84)26-27-54(80)85)69(93)76-50(20-17-29-73-70(72)94)68(92)75-48-24-22-47(23-25-48)38-81(11)33-31-79(32-34-81)74-37-49-59-63(89)56-55(62(49)88)57-65(45(8)61(56)87)98-71(10,66(57)90)96-35-28-51(95-12)44(7)64(97-46(9)82)43(6)36-42(5)60(86)40(3)18-16-19-41(4)67(91)78-59/h16,18-19,22-28,35,37,39-40,42-44,50-51,58,60,64,86H,13-15,17,20-21,29-34,36,38H2,1-12H3,(H9-,72,73,74,75,76,77,78,83,84,85,87,88,89,90,91,92,93,94)/p+1/b18-16+,35-28+,41-19-/t40-,42-,43+,44+,50-,51-,58-,60-,64-,71-/m0/s1. The van der Waals surface area contributed by atoms with Crippen LogP contribution in [0.15, 0.2) is 77.7 Å². The lowest BCUT2D eigenvalue weighted by Gasteiger charge is -2.41. The van der Waals surface area contributed by atoms with Crippen LogP contribution < -0.4 is 37.1 Å². The van der Waals surface area contributed by atoms with Crippen LogP contribution in [-0.4, -0.2) is 184 Å². The van der Waals surface area contributed by atoms with Crippen molar-refractivity contribution in [1.82, 2.24) is 25.9 Å². The first-order valence-corrected chi connectivity index (χ1v) is 33.4. The van der Waals surface area contributed by atoms with E-state index in [9.17, 15) is 63.6 Å². The molecule has 3 aromatic rings. The number of phenols is 3. The summed E-state index contributed by atoms with van der Waals surface area (Å²) in [5, 5.41) is 67.8. The molecule has 27 nitrogen and oxygen atoms in total. The van der Waals surface area contributed by atoms with Crippen LogP contribution in [0, 0.1) is 36.5 Å². The summed E-state index contributed by atoms with van der Waals surface area (Å²) in [6.07, 6.45) is 11.6. The van der Waals surface area contributed by atoms with Crippen LogP contribution >= 0.6 is 0 Å². The molecule has 8 amide bonds. The summed E-state index contributed by atoms with van der Waals surface area (Å²) < 4.78 is 24.6. The maximum Gasteiger partial charge on any atom is 0.312 e. The Hall–Kier alpha value is -9.34. The second-order valence-electron chi connectivity index (χ2n) is 27.0. The minimum absolute atomic E-state index is 0.0216. The van der Waals surface area contributed by atoms with E-state index in [1.807, 2.05) is 39.8 Å². The average molecular weight is 1360 g/mol. The summed E-state index contributed by atoms with van der Waals surface area (Å²) in [6, 6.07) is 4.45. The molecular formula is C71H97N10O17+. The number of imide groups is 1. The number of quaternary nitrogens is 1. The summed E-state index contributed by atoms with van der Waals surface area (Å²) in [5.74, 6) is -10.1. The first-order valence-electron chi connectivity index (χ1n) is 33.4. The fourth-order valence-corrected chi connectivity index (χ4v) is 12.9. The van der Waals surface area contributed by atoms with Crippen molar-refractivity contribution >= 4 is 81.6 Å². The van der Waals surface area contributed by atoms with Crippen LogP contribution in [0.1, 0.15) is 134 Å². The third kappa shape index (κ3) is 18.6. The number of hydrogen-bond acceptors (Lipinski definition) is 19. The smallest absolute Gasteiger partial charge is 0.312 e. The molecule has 5 heterocycles.